The van der Waals surface area contributed by atoms with Gasteiger partial charge in [-0.2, -0.15) is 0 Å². The lowest BCUT2D eigenvalue weighted by atomic mass is 10.1. The third-order valence-electron chi connectivity index (χ3n) is 3.01. The van der Waals surface area contributed by atoms with Gasteiger partial charge in [0.2, 0.25) is 0 Å². The van der Waals surface area contributed by atoms with Crippen LogP contribution in [0.1, 0.15) is 10.4 Å². The summed E-state index contributed by atoms with van der Waals surface area (Å²) in [6, 6.07) is 19.4. The molecular weight excluding hydrogens is 252 g/mol. The Hall–Kier alpha value is -2.81. The Kier molecular flexibility index (Phi) is 3.09. The van der Waals surface area contributed by atoms with Crippen LogP contribution in [0.3, 0.4) is 0 Å². The van der Waals surface area contributed by atoms with Crippen LogP contribution in [-0.4, -0.2) is 11.1 Å². The molecule has 0 radical (unpaired) electrons. The van der Waals surface area contributed by atoms with Crippen LogP contribution in [0, 0.1) is 0 Å². The molecule has 98 valence electrons. The van der Waals surface area contributed by atoms with Crippen LogP contribution in [0.4, 0.5) is 0 Å². The summed E-state index contributed by atoms with van der Waals surface area (Å²) >= 11 is 0. The standard InChI is InChI=1S/C17H12O3/c18-15-6-3-7-16(11-15)20-17(19)14-9-8-12-4-1-2-5-13(12)10-14/h1-11,18H. The average molecular weight is 264 g/mol. The number of phenols is 1. The van der Waals surface area contributed by atoms with Gasteiger partial charge in [-0.1, -0.05) is 36.4 Å². The van der Waals surface area contributed by atoms with Crippen LogP contribution < -0.4 is 4.74 Å². The molecule has 3 aromatic carbocycles. The molecule has 1 N–H and O–H groups in total. The monoisotopic (exact) mass is 264 g/mol. The molecule has 0 atom stereocenters. The molecule has 0 aliphatic heterocycles. The second kappa shape index (κ2) is 5.05. The smallest absolute Gasteiger partial charge is 0.343 e. The van der Waals surface area contributed by atoms with E-state index in [1.807, 2.05) is 30.3 Å². The summed E-state index contributed by atoms with van der Waals surface area (Å²) in [5.74, 6) is -0.0571. The minimum atomic E-state index is -0.443. The predicted molar refractivity (Wildman–Crippen MR) is 77.0 cm³/mol. The van der Waals surface area contributed by atoms with E-state index < -0.39 is 5.97 Å². The van der Waals surface area contributed by atoms with Gasteiger partial charge in [0.05, 0.1) is 5.56 Å². The third-order valence-corrected chi connectivity index (χ3v) is 3.01. The molecule has 0 heterocycles. The normalized spacial score (nSPS) is 10.4. The maximum Gasteiger partial charge on any atom is 0.343 e. The van der Waals surface area contributed by atoms with Crippen LogP contribution in [0.25, 0.3) is 10.8 Å². The molecular formula is C17H12O3. The number of carbonyl (C=O) groups excluding carboxylic acids is 1. The quantitative estimate of drug-likeness (QED) is 0.566. The molecule has 0 saturated heterocycles. The number of hydrogen-bond donors (Lipinski definition) is 1. The first kappa shape index (κ1) is 12.2. The van der Waals surface area contributed by atoms with Crippen LogP contribution >= 0.6 is 0 Å². The van der Waals surface area contributed by atoms with E-state index in [2.05, 4.69) is 0 Å². The molecule has 20 heavy (non-hydrogen) atoms. The largest absolute Gasteiger partial charge is 0.508 e. The molecule has 3 nitrogen and oxygen atoms in total. The fourth-order valence-electron chi connectivity index (χ4n) is 2.03. The van der Waals surface area contributed by atoms with Crippen molar-refractivity contribution in [2.24, 2.45) is 0 Å². The van der Waals surface area contributed by atoms with Gasteiger partial charge in [0.25, 0.3) is 0 Å². The number of carbonyl (C=O) groups is 1. The lowest BCUT2D eigenvalue weighted by molar-refractivity contribution is 0.0735. The fourth-order valence-corrected chi connectivity index (χ4v) is 2.03. The second-order valence-electron chi connectivity index (χ2n) is 4.45. The summed E-state index contributed by atoms with van der Waals surface area (Å²) in [4.78, 5) is 12.1. The number of esters is 1. The lowest BCUT2D eigenvalue weighted by Crippen LogP contribution is -2.08. The summed E-state index contributed by atoms with van der Waals surface area (Å²) in [6.45, 7) is 0. The molecule has 0 spiro atoms. The Morgan fingerprint density at radius 2 is 1.65 bits per heavy atom. The van der Waals surface area contributed by atoms with Gasteiger partial charge >= 0.3 is 5.97 Å². The van der Waals surface area contributed by atoms with Gasteiger partial charge < -0.3 is 9.84 Å². The summed E-state index contributed by atoms with van der Waals surface area (Å²) in [7, 11) is 0. The highest BCUT2D eigenvalue weighted by atomic mass is 16.5. The van der Waals surface area contributed by atoms with Crippen molar-refractivity contribution in [3.63, 3.8) is 0 Å². The molecule has 3 aromatic rings. The van der Waals surface area contributed by atoms with E-state index in [-0.39, 0.29) is 5.75 Å². The van der Waals surface area contributed by atoms with E-state index in [9.17, 15) is 9.90 Å². The average Bonchev–Trinajstić information content (AvgIpc) is 2.47. The number of hydrogen-bond acceptors (Lipinski definition) is 3. The van der Waals surface area contributed by atoms with Gasteiger partial charge in [-0.05, 0) is 35.0 Å². The fraction of sp³-hybridized carbons (Fsp3) is 0. The molecule has 0 fully saturated rings. The number of fused-ring (bicyclic) bond motifs is 1. The first-order valence-corrected chi connectivity index (χ1v) is 6.22. The Morgan fingerprint density at radius 3 is 2.45 bits per heavy atom. The maximum absolute atomic E-state index is 12.1. The molecule has 0 amide bonds. The van der Waals surface area contributed by atoms with Crippen LogP contribution in [0.2, 0.25) is 0 Å². The van der Waals surface area contributed by atoms with Crippen molar-refractivity contribution in [2.45, 2.75) is 0 Å². The molecule has 0 saturated carbocycles. The van der Waals surface area contributed by atoms with Gasteiger partial charge in [-0.15, -0.1) is 0 Å². The highest BCUT2D eigenvalue weighted by Crippen LogP contribution is 2.20. The van der Waals surface area contributed by atoms with Crippen LogP contribution in [0.15, 0.2) is 66.7 Å². The summed E-state index contributed by atoms with van der Waals surface area (Å²) in [5, 5.41) is 11.4. The SMILES string of the molecule is O=C(Oc1cccc(O)c1)c1ccc2ccccc2c1. The van der Waals surface area contributed by atoms with Crippen molar-refractivity contribution in [1.82, 2.24) is 0 Å². The van der Waals surface area contributed by atoms with Crippen LogP contribution in [0.5, 0.6) is 11.5 Å². The van der Waals surface area contributed by atoms with Crippen LogP contribution in [-0.2, 0) is 0 Å². The first-order chi connectivity index (χ1) is 9.72. The van der Waals surface area contributed by atoms with Crippen molar-refractivity contribution in [2.75, 3.05) is 0 Å². The molecule has 0 aliphatic carbocycles. The van der Waals surface area contributed by atoms with E-state index in [0.29, 0.717) is 11.3 Å². The van der Waals surface area contributed by atoms with Gasteiger partial charge in [-0.3, -0.25) is 0 Å². The highest BCUT2D eigenvalue weighted by molar-refractivity contribution is 5.96. The van der Waals surface area contributed by atoms with Gasteiger partial charge in [0, 0.05) is 6.07 Å². The lowest BCUT2D eigenvalue weighted by Gasteiger charge is -2.05. The minimum Gasteiger partial charge on any atom is -0.508 e. The predicted octanol–water partition coefficient (Wildman–Crippen LogP) is 3.76. The van der Waals surface area contributed by atoms with Gasteiger partial charge in [0.15, 0.2) is 0 Å². The molecule has 0 bridgehead atoms. The number of rotatable bonds is 2. The van der Waals surface area contributed by atoms with E-state index in [0.717, 1.165) is 10.8 Å². The van der Waals surface area contributed by atoms with E-state index in [1.54, 1.807) is 24.3 Å². The summed E-state index contributed by atoms with van der Waals surface area (Å²) < 4.78 is 5.23. The van der Waals surface area contributed by atoms with Crippen molar-refractivity contribution in [1.29, 1.82) is 0 Å². The minimum absolute atomic E-state index is 0.0637. The van der Waals surface area contributed by atoms with Gasteiger partial charge in [0.1, 0.15) is 11.5 Å². The number of ether oxygens (including phenoxy) is 1. The molecule has 0 aliphatic rings. The first-order valence-electron chi connectivity index (χ1n) is 6.22. The third kappa shape index (κ3) is 2.47. The topological polar surface area (TPSA) is 46.5 Å². The summed E-state index contributed by atoms with van der Waals surface area (Å²) in [6.07, 6.45) is 0. The van der Waals surface area contributed by atoms with E-state index >= 15 is 0 Å². The van der Waals surface area contributed by atoms with Crippen molar-refractivity contribution in [3.05, 3.63) is 72.3 Å². The van der Waals surface area contributed by atoms with E-state index in [4.69, 9.17) is 4.74 Å². The Bertz CT molecular complexity index is 778. The number of aromatic hydroxyl groups is 1. The summed E-state index contributed by atoms with van der Waals surface area (Å²) in [5.41, 5.74) is 0.479. The molecule has 0 aromatic heterocycles. The Morgan fingerprint density at radius 1 is 0.850 bits per heavy atom. The molecule has 0 unspecified atom stereocenters. The maximum atomic E-state index is 12.1. The zero-order chi connectivity index (χ0) is 13.9. The molecule has 3 rings (SSSR count). The van der Waals surface area contributed by atoms with Gasteiger partial charge in [-0.25, -0.2) is 4.79 Å². The zero-order valence-electron chi connectivity index (χ0n) is 10.6. The van der Waals surface area contributed by atoms with E-state index in [1.165, 1.54) is 12.1 Å². The molecule has 3 heteroatoms. The number of phenolic OH excluding ortho intramolecular Hbond substituents is 1. The van der Waals surface area contributed by atoms with Crippen molar-refractivity contribution < 1.29 is 14.6 Å². The Balaban J connectivity index is 1.88. The van der Waals surface area contributed by atoms with Crippen molar-refractivity contribution >= 4 is 16.7 Å². The second-order valence-corrected chi connectivity index (χ2v) is 4.45. The highest BCUT2D eigenvalue weighted by Gasteiger charge is 2.09. The Labute approximate surface area is 116 Å². The number of benzene rings is 3. The van der Waals surface area contributed by atoms with Crippen molar-refractivity contribution in [3.8, 4) is 11.5 Å². The zero-order valence-corrected chi connectivity index (χ0v) is 10.6.